The molecule has 4 nitrogen and oxygen atoms in total. The fraction of sp³-hybridized carbons (Fsp3) is 0.125. The first-order chi connectivity index (χ1) is 9.66. The molecule has 0 aliphatic carbocycles. The van der Waals surface area contributed by atoms with Gasteiger partial charge in [-0.1, -0.05) is 42.5 Å². The largest absolute Gasteiger partial charge is 0.383 e. The highest BCUT2D eigenvalue weighted by Crippen LogP contribution is 2.35. The van der Waals surface area contributed by atoms with Crippen LogP contribution in [0.5, 0.6) is 0 Å². The maximum Gasteiger partial charge on any atom is 0.237 e. The first kappa shape index (κ1) is 12.4. The average Bonchev–Trinajstić information content (AvgIpc) is 2.49. The predicted molar refractivity (Wildman–Crippen MR) is 76.6 cm³/mol. The number of anilines is 1. The number of nitrogens with one attached hydrogen (secondary N) is 1. The standard InChI is InChI=1S/C16H14N2O2/c17-15(20)16(11-6-2-1-3-7-11)10-18-13-9-5-4-8-12(13)14(16)19/h1-9,18H,10H2,(H2,17,20). The van der Waals surface area contributed by atoms with Crippen LogP contribution in [0.3, 0.4) is 0 Å². The second-order valence-electron chi connectivity index (χ2n) is 4.86. The number of Topliss-reactive ketones (excluding diaryl/α,β-unsaturated/α-hetero) is 1. The van der Waals surface area contributed by atoms with E-state index in [9.17, 15) is 9.59 Å². The summed E-state index contributed by atoms with van der Waals surface area (Å²) in [7, 11) is 0. The Morgan fingerprint density at radius 3 is 2.40 bits per heavy atom. The molecule has 1 atom stereocenters. The molecule has 4 heteroatoms. The van der Waals surface area contributed by atoms with Crippen LogP contribution in [0.15, 0.2) is 54.6 Å². The molecule has 100 valence electrons. The summed E-state index contributed by atoms with van der Waals surface area (Å²) >= 11 is 0. The second kappa shape index (κ2) is 4.49. The Kier molecular flexibility index (Phi) is 2.79. The molecule has 0 radical (unpaired) electrons. The Morgan fingerprint density at radius 1 is 1.05 bits per heavy atom. The summed E-state index contributed by atoms with van der Waals surface area (Å²) in [6.45, 7) is 0.183. The van der Waals surface area contributed by atoms with E-state index in [-0.39, 0.29) is 12.3 Å². The number of carbonyl (C=O) groups excluding carboxylic acids is 2. The lowest BCUT2D eigenvalue weighted by molar-refractivity contribution is -0.121. The molecular formula is C16H14N2O2. The van der Waals surface area contributed by atoms with Crippen molar-refractivity contribution in [2.75, 3.05) is 11.9 Å². The van der Waals surface area contributed by atoms with Crippen molar-refractivity contribution in [1.82, 2.24) is 0 Å². The summed E-state index contributed by atoms with van der Waals surface area (Å²) in [5.41, 5.74) is 6.11. The molecule has 1 aliphatic heterocycles. The van der Waals surface area contributed by atoms with Crippen molar-refractivity contribution in [1.29, 1.82) is 0 Å². The Balaban J connectivity index is 2.20. The maximum atomic E-state index is 12.8. The van der Waals surface area contributed by atoms with Gasteiger partial charge in [-0.05, 0) is 17.7 Å². The van der Waals surface area contributed by atoms with Crippen LogP contribution in [-0.4, -0.2) is 18.2 Å². The minimum atomic E-state index is -1.34. The molecule has 1 amide bonds. The molecule has 1 aliphatic rings. The molecule has 20 heavy (non-hydrogen) atoms. The van der Waals surface area contributed by atoms with Crippen molar-refractivity contribution < 1.29 is 9.59 Å². The zero-order valence-corrected chi connectivity index (χ0v) is 10.8. The van der Waals surface area contributed by atoms with Gasteiger partial charge < -0.3 is 11.1 Å². The quantitative estimate of drug-likeness (QED) is 0.813. The molecule has 2 aromatic rings. The van der Waals surface area contributed by atoms with E-state index in [1.165, 1.54) is 0 Å². The van der Waals surface area contributed by atoms with E-state index in [4.69, 9.17) is 5.73 Å². The van der Waals surface area contributed by atoms with Gasteiger partial charge in [0.25, 0.3) is 0 Å². The first-order valence-corrected chi connectivity index (χ1v) is 6.39. The number of ketones is 1. The molecule has 0 spiro atoms. The number of hydrogen-bond donors (Lipinski definition) is 2. The number of primary amides is 1. The highest BCUT2D eigenvalue weighted by Gasteiger charge is 2.49. The van der Waals surface area contributed by atoms with Gasteiger partial charge in [0.1, 0.15) is 0 Å². The molecule has 0 saturated carbocycles. The number of benzene rings is 2. The van der Waals surface area contributed by atoms with E-state index in [1.54, 1.807) is 36.4 Å². The number of fused-ring (bicyclic) bond motifs is 1. The van der Waals surface area contributed by atoms with Gasteiger partial charge in [-0.25, -0.2) is 0 Å². The monoisotopic (exact) mass is 266 g/mol. The molecule has 1 heterocycles. The smallest absolute Gasteiger partial charge is 0.237 e. The summed E-state index contributed by atoms with van der Waals surface area (Å²) in [5.74, 6) is -0.874. The van der Waals surface area contributed by atoms with Gasteiger partial charge in [0, 0.05) is 17.8 Å². The normalized spacial score (nSPS) is 20.9. The summed E-state index contributed by atoms with van der Waals surface area (Å²) in [6, 6.07) is 16.1. The van der Waals surface area contributed by atoms with Crippen molar-refractivity contribution in [3.8, 4) is 0 Å². The fourth-order valence-electron chi connectivity index (χ4n) is 2.67. The van der Waals surface area contributed by atoms with Crippen LogP contribution in [0.4, 0.5) is 5.69 Å². The summed E-state index contributed by atoms with van der Waals surface area (Å²) < 4.78 is 0. The molecular weight excluding hydrogens is 252 g/mol. The third kappa shape index (κ3) is 1.61. The van der Waals surface area contributed by atoms with E-state index in [0.29, 0.717) is 11.1 Å². The van der Waals surface area contributed by atoms with Gasteiger partial charge >= 0.3 is 0 Å². The highest BCUT2D eigenvalue weighted by molar-refractivity contribution is 6.22. The minimum Gasteiger partial charge on any atom is -0.383 e. The van der Waals surface area contributed by atoms with E-state index in [0.717, 1.165) is 5.69 Å². The first-order valence-electron chi connectivity index (χ1n) is 6.39. The van der Waals surface area contributed by atoms with Crippen molar-refractivity contribution in [3.05, 3.63) is 65.7 Å². The van der Waals surface area contributed by atoms with Gasteiger partial charge in [0.15, 0.2) is 11.2 Å². The van der Waals surface area contributed by atoms with Gasteiger partial charge in [0.2, 0.25) is 5.91 Å². The lowest BCUT2D eigenvalue weighted by atomic mass is 9.71. The average molecular weight is 266 g/mol. The van der Waals surface area contributed by atoms with Gasteiger partial charge in [-0.15, -0.1) is 0 Å². The van der Waals surface area contributed by atoms with Crippen LogP contribution in [0.25, 0.3) is 0 Å². The van der Waals surface area contributed by atoms with Crippen molar-refractivity contribution in [3.63, 3.8) is 0 Å². The van der Waals surface area contributed by atoms with Crippen LogP contribution >= 0.6 is 0 Å². The van der Waals surface area contributed by atoms with Gasteiger partial charge in [-0.2, -0.15) is 0 Å². The van der Waals surface area contributed by atoms with Crippen LogP contribution in [0, 0.1) is 0 Å². The summed E-state index contributed by atoms with van der Waals surface area (Å²) in [4.78, 5) is 24.9. The van der Waals surface area contributed by atoms with Gasteiger partial charge in [-0.3, -0.25) is 9.59 Å². The maximum absolute atomic E-state index is 12.8. The predicted octanol–water partition coefficient (Wildman–Crippen LogP) is 1.72. The van der Waals surface area contributed by atoms with Crippen LogP contribution in [0.2, 0.25) is 0 Å². The highest BCUT2D eigenvalue weighted by atomic mass is 16.2. The van der Waals surface area contributed by atoms with Crippen molar-refractivity contribution >= 4 is 17.4 Å². The third-order valence-electron chi connectivity index (χ3n) is 3.79. The molecule has 0 aromatic heterocycles. The third-order valence-corrected chi connectivity index (χ3v) is 3.79. The molecule has 0 bridgehead atoms. The molecule has 2 aromatic carbocycles. The fourth-order valence-corrected chi connectivity index (χ4v) is 2.67. The van der Waals surface area contributed by atoms with Crippen LogP contribution < -0.4 is 11.1 Å². The van der Waals surface area contributed by atoms with Crippen molar-refractivity contribution in [2.24, 2.45) is 5.73 Å². The lowest BCUT2D eigenvalue weighted by Gasteiger charge is -2.35. The zero-order valence-electron chi connectivity index (χ0n) is 10.8. The van der Waals surface area contributed by atoms with Gasteiger partial charge in [0.05, 0.1) is 0 Å². The Bertz CT molecular complexity index is 682. The summed E-state index contributed by atoms with van der Waals surface area (Å²) in [6.07, 6.45) is 0. The number of hydrogen-bond acceptors (Lipinski definition) is 3. The number of nitrogens with two attached hydrogens (primary N) is 1. The number of para-hydroxylation sites is 1. The summed E-state index contributed by atoms with van der Waals surface area (Å²) in [5, 5.41) is 3.14. The van der Waals surface area contributed by atoms with E-state index in [1.807, 2.05) is 18.2 Å². The zero-order chi connectivity index (χ0) is 14.2. The van der Waals surface area contributed by atoms with E-state index >= 15 is 0 Å². The number of rotatable bonds is 2. The molecule has 0 fully saturated rings. The Morgan fingerprint density at radius 2 is 1.70 bits per heavy atom. The number of amides is 1. The SMILES string of the molecule is NC(=O)C1(c2ccccc2)CNc2ccccc2C1=O. The molecule has 3 rings (SSSR count). The van der Waals surface area contributed by atoms with Crippen LogP contribution in [0.1, 0.15) is 15.9 Å². The molecule has 1 unspecified atom stereocenters. The Hall–Kier alpha value is -2.62. The Labute approximate surface area is 116 Å². The minimum absolute atomic E-state index is 0.183. The van der Waals surface area contributed by atoms with Crippen LogP contribution in [-0.2, 0) is 10.2 Å². The topological polar surface area (TPSA) is 72.2 Å². The van der Waals surface area contributed by atoms with Crippen molar-refractivity contribution in [2.45, 2.75) is 5.41 Å². The lowest BCUT2D eigenvalue weighted by Crippen LogP contribution is -2.55. The second-order valence-corrected chi connectivity index (χ2v) is 4.86. The van der Waals surface area contributed by atoms with E-state index in [2.05, 4.69) is 5.32 Å². The van der Waals surface area contributed by atoms with E-state index < -0.39 is 11.3 Å². The molecule has 3 N–H and O–H groups in total. The number of carbonyl (C=O) groups is 2. The molecule has 0 saturated heterocycles.